The number of rotatable bonds is 3. The van der Waals surface area contributed by atoms with Gasteiger partial charge in [-0.3, -0.25) is 4.79 Å². The number of likely N-dealkylation sites (tertiary alicyclic amines) is 1. The summed E-state index contributed by atoms with van der Waals surface area (Å²) in [7, 11) is 0. The summed E-state index contributed by atoms with van der Waals surface area (Å²) < 4.78 is 0. The number of piperidine rings is 1. The highest BCUT2D eigenvalue weighted by molar-refractivity contribution is 5.86. The molecule has 0 aromatic heterocycles. The quantitative estimate of drug-likeness (QED) is 0.833. The molecule has 24 heavy (non-hydrogen) atoms. The summed E-state index contributed by atoms with van der Waals surface area (Å²) in [5, 5.41) is 6.04. The van der Waals surface area contributed by atoms with Gasteiger partial charge < -0.3 is 15.5 Å². The first kappa shape index (κ1) is 17.6. The fraction of sp³-hybridized carbons (Fsp3) is 0.895. The molecule has 3 amide bonds. The van der Waals surface area contributed by atoms with Crippen molar-refractivity contribution in [3.05, 3.63) is 0 Å². The molecule has 0 aromatic rings. The van der Waals surface area contributed by atoms with E-state index in [9.17, 15) is 9.59 Å². The third-order valence-electron chi connectivity index (χ3n) is 7.49. The van der Waals surface area contributed by atoms with E-state index in [4.69, 9.17) is 0 Å². The molecule has 2 aliphatic carbocycles. The van der Waals surface area contributed by atoms with E-state index in [-0.39, 0.29) is 28.8 Å². The minimum Gasteiger partial charge on any atom is -0.341 e. The third kappa shape index (κ3) is 2.80. The van der Waals surface area contributed by atoms with E-state index in [0.717, 1.165) is 32.4 Å². The van der Waals surface area contributed by atoms with E-state index in [1.165, 1.54) is 19.3 Å². The van der Waals surface area contributed by atoms with Crippen LogP contribution in [0.5, 0.6) is 0 Å². The summed E-state index contributed by atoms with van der Waals surface area (Å²) in [5.41, 5.74) is 0.440. The molecule has 4 atom stereocenters. The Morgan fingerprint density at radius 3 is 2.33 bits per heavy atom. The molecule has 0 aromatic carbocycles. The summed E-state index contributed by atoms with van der Waals surface area (Å²) in [6.07, 6.45) is 6.85. The Hall–Kier alpha value is -1.26. The summed E-state index contributed by atoms with van der Waals surface area (Å²) in [6.45, 7) is 10.4. The summed E-state index contributed by atoms with van der Waals surface area (Å²) >= 11 is 0. The highest BCUT2D eigenvalue weighted by Gasteiger charge is 2.61. The fourth-order valence-corrected chi connectivity index (χ4v) is 5.27. The van der Waals surface area contributed by atoms with Crippen molar-refractivity contribution in [1.82, 2.24) is 15.5 Å². The van der Waals surface area contributed by atoms with Gasteiger partial charge in [0.05, 0.1) is 0 Å². The lowest BCUT2D eigenvalue weighted by Crippen LogP contribution is -2.55. The number of nitrogens with one attached hydrogen (secondary N) is 2. The van der Waals surface area contributed by atoms with Crippen molar-refractivity contribution < 1.29 is 9.59 Å². The molecule has 1 heterocycles. The number of fused-ring (bicyclic) bond motifs is 2. The maximum atomic E-state index is 12.4. The lowest BCUT2D eigenvalue weighted by molar-refractivity contribution is -0.133. The third-order valence-corrected chi connectivity index (χ3v) is 7.49. The molecular weight excluding hydrogens is 302 g/mol. The largest absolute Gasteiger partial charge is 0.341 e. The molecule has 0 unspecified atom stereocenters. The van der Waals surface area contributed by atoms with Crippen LogP contribution in [-0.2, 0) is 4.79 Å². The minimum atomic E-state index is -0.456. The number of nitrogens with zero attached hydrogens (tertiary/aromatic N) is 1. The number of carbonyl (C=O) groups excluding carboxylic acids is 2. The van der Waals surface area contributed by atoms with Crippen LogP contribution in [0.2, 0.25) is 0 Å². The number of urea groups is 1. The highest BCUT2D eigenvalue weighted by Crippen LogP contribution is 2.65. The number of hydrogen-bond donors (Lipinski definition) is 2. The molecule has 3 aliphatic rings. The second-order valence-electron chi connectivity index (χ2n) is 8.89. The first-order valence-electron chi connectivity index (χ1n) is 9.61. The average molecular weight is 335 g/mol. The topological polar surface area (TPSA) is 61.4 Å². The number of carbonyl (C=O) groups is 2. The molecule has 1 aliphatic heterocycles. The smallest absolute Gasteiger partial charge is 0.315 e. The van der Waals surface area contributed by atoms with E-state index >= 15 is 0 Å². The van der Waals surface area contributed by atoms with Gasteiger partial charge in [0.1, 0.15) is 6.04 Å². The van der Waals surface area contributed by atoms with Crippen molar-refractivity contribution in [2.45, 2.75) is 78.3 Å². The monoisotopic (exact) mass is 335 g/mol. The van der Waals surface area contributed by atoms with Gasteiger partial charge in [0.25, 0.3) is 0 Å². The van der Waals surface area contributed by atoms with Crippen molar-refractivity contribution >= 4 is 11.9 Å². The molecule has 2 saturated carbocycles. The zero-order valence-electron chi connectivity index (χ0n) is 15.7. The van der Waals surface area contributed by atoms with Crippen molar-refractivity contribution in [3.8, 4) is 0 Å². The second-order valence-corrected chi connectivity index (χ2v) is 8.89. The highest BCUT2D eigenvalue weighted by atomic mass is 16.2. The van der Waals surface area contributed by atoms with Crippen molar-refractivity contribution in [3.63, 3.8) is 0 Å². The van der Waals surface area contributed by atoms with Gasteiger partial charge in [0.2, 0.25) is 5.91 Å². The van der Waals surface area contributed by atoms with Gasteiger partial charge in [0, 0.05) is 19.1 Å². The minimum absolute atomic E-state index is 0.0457. The van der Waals surface area contributed by atoms with Crippen LogP contribution in [0.25, 0.3) is 0 Å². The van der Waals surface area contributed by atoms with Crippen LogP contribution in [0.3, 0.4) is 0 Å². The van der Waals surface area contributed by atoms with Crippen molar-refractivity contribution in [1.29, 1.82) is 0 Å². The average Bonchev–Trinajstić information content (AvgIpc) is 2.88. The molecule has 3 rings (SSSR count). The van der Waals surface area contributed by atoms with Crippen LogP contribution in [0.1, 0.15) is 66.2 Å². The van der Waals surface area contributed by atoms with Gasteiger partial charge in [-0.2, -0.15) is 0 Å². The van der Waals surface area contributed by atoms with E-state index < -0.39 is 6.04 Å². The van der Waals surface area contributed by atoms with Gasteiger partial charge in [-0.1, -0.05) is 20.8 Å². The molecule has 2 N–H and O–H groups in total. The molecular formula is C19H33N3O2. The lowest BCUT2D eigenvalue weighted by atomic mass is 9.69. The van der Waals surface area contributed by atoms with Gasteiger partial charge in [-0.15, -0.1) is 0 Å². The Morgan fingerprint density at radius 1 is 1.12 bits per heavy atom. The number of hydrogen-bond acceptors (Lipinski definition) is 2. The van der Waals surface area contributed by atoms with Crippen molar-refractivity contribution in [2.75, 3.05) is 13.1 Å². The zero-order chi connectivity index (χ0) is 17.5. The fourth-order valence-electron chi connectivity index (χ4n) is 5.27. The molecule has 0 spiro atoms. The van der Waals surface area contributed by atoms with Crippen LogP contribution >= 0.6 is 0 Å². The Bertz CT molecular complexity index is 513. The molecule has 5 nitrogen and oxygen atoms in total. The lowest BCUT2D eigenvalue weighted by Gasteiger charge is -2.39. The molecule has 2 bridgehead atoms. The van der Waals surface area contributed by atoms with Gasteiger partial charge in [-0.05, 0) is 62.2 Å². The molecule has 3 fully saturated rings. The van der Waals surface area contributed by atoms with E-state index in [1.807, 2.05) is 4.90 Å². The van der Waals surface area contributed by atoms with Crippen LogP contribution < -0.4 is 10.6 Å². The predicted octanol–water partition coefficient (Wildman–Crippen LogP) is 2.90. The van der Waals surface area contributed by atoms with Gasteiger partial charge in [-0.25, -0.2) is 4.79 Å². The SMILES string of the molecule is C[C@H](NC(=O)N[C@@H]1C[C@H]2CC[C@@]1(C)C2(C)C)C(=O)N1CCCCC1. The van der Waals surface area contributed by atoms with Gasteiger partial charge >= 0.3 is 6.03 Å². The van der Waals surface area contributed by atoms with Gasteiger partial charge in [0.15, 0.2) is 0 Å². The summed E-state index contributed by atoms with van der Waals surface area (Å²) in [4.78, 5) is 26.8. The van der Waals surface area contributed by atoms with Crippen molar-refractivity contribution in [2.24, 2.45) is 16.7 Å². The molecule has 5 heteroatoms. The predicted molar refractivity (Wildman–Crippen MR) is 94.6 cm³/mol. The first-order valence-corrected chi connectivity index (χ1v) is 9.61. The summed E-state index contributed by atoms with van der Waals surface area (Å²) in [5.74, 6) is 0.740. The standard InChI is InChI=1S/C19H33N3O2/c1-13(16(23)22-10-6-5-7-11-22)20-17(24)21-15-12-14-8-9-19(15,4)18(14,2)3/h13-15H,5-12H2,1-4H3,(H2,20,21,24)/t13-,14+,15+,19+/m0/s1. The Balaban J connectivity index is 1.53. The molecule has 0 radical (unpaired) electrons. The summed E-state index contributed by atoms with van der Waals surface area (Å²) in [6, 6.07) is -0.437. The molecule has 136 valence electrons. The van der Waals surface area contributed by atoms with Crippen LogP contribution in [0.15, 0.2) is 0 Å². The maximum absolute atomic E-state index is 12.4. The number of amides is 3. The Morgan fingerprint density at radius 2 is 1.79 bits per heavy atom. The van der Waals surface area contributed by atoms with Crippen LogP contribution in [0, 0.1) is 16.7 Å². The normalized spacial score (nSPS) is 35.6. The van der Waals surface area contributed by atoms with E-state index in [1.54, 1.807) is 6.92 Å². The van der Waals surface area contributed by atoms with Crippen LogP contribution in [0.4, 0.5) is 4.79 Å². The first-order chi connectivity index (χ1) is 11.3. The second kappa shape index (κ2) is 6.23. The Kier molecular flexibility index (Phi) is 4.56. The molecule has 1 saturated heterocycles. The maximum Gasteiger partial charge on any atom is 0.315 e. The Labute approximate surface area is 145 Å². The van der Waals surface area contributed by atoms with E-state index in [0.29, 0.717) is 5.92 Å². The van der Waals surface area contributed by atoms with Crippen LogP contribution in [-0.4, -0.2) is 42.0 Å². The van der Waals surface area contributed by atoms with E-state index in [2.05, 4.69) is 31.4 Å². The zero-order valence-corrected chi connectivity index (χ0v) is 15.7.